The van der Waals surface area contributed by atoms with E-state index >= 15 is 0 Å². The largest absolute Gasteiger partial charge is 0.481 e. The fraction of sp³-hybridized carbons (Fsp3) is 0.706. The van der Waals surface area contributed by atoms with Crippen molar-refractivity contribution in [1.29, 1.82) is 0 Å². The Hall–Kier alpha value is -1.85. The summed E-state index contributed by atoms with van der Waals surface area (Å²) in [6, 6.07) is 0. The third-order valence-electron chi connectivity index (χ3n) is 5.51. The van der Waals surface area contributed by atoms with Crippen LogP contribution in [-0.4, -0.2) is 44.8 Å². The minimum Gasteiger partial charge on any atom is -0.481 e. The van der Waals surface area contributed by atoms with Crippen LogP contribution in [0.25, 0.3) is 0 Å². The number of aryl methyl sites for hydroxylation is 2. The molecule has 1 aliphatic heterocycles. The number of carboxylic acids is 1. The second-order valence-corrected chi connectivity index (χ2v) is 7.02. The standard InChI is InChI=1S/C17H25N3O3/c1-10-13(11(2)19(3)18-10)6-7-16(21)20-8-14(12-4-5-12)15(9-20)17(22)23/h12,14-15H,4-9H2,1-3H3,(H,22,23)/t14-,15+/m1/s1. The molecule has 23 heavy (non-hydrogen) atoms. The highest BCUT2D eigenvalue weighted by molar-refractivity contribution is 5.79. The Balaban J connectivity index is 1.61. The van der Waals surface area contributed by atoms with Crippen LogP contribution in [0.2, 0.25) is 0 Å². The van der Waals surface area contributed by atoms with E-state index < -0.39 is 5.97 Å². The lowest BCUT2D eigenvalue weighted by Crippen LogP contribution is -2.30. The number of hydrogen-bond donors (Lipinski definition) is 1. The van der Waals surface area contributed by atoms with Gasteiger partial charge in [0, 0.05) is 32.3 Å². The number of carboxylic acid groups (broad SMARTS) is 1. The van der Waals surface area contributed by atoms with Crippen molar-refractivity contribution < 1.29 is 14.7 Å². The van der Waals surface area contributed by atoms with Gasteiger partial charge in [0.2, 0.25) is 5.91 Å². The molecular formula is C17H25N3O3. The number of amides is 1. The van der Waals surface area contributed by atoms with Gasteiger partial charge in [-0.05, 0) is 50.5 Å². The van der Waals surface area contributed by atoms with Gasteiger partial charge in [-0.2, -0.15) is 5.10 Å². The minimum absolute atomic E-state index is 0.0713. The highest BCUT2D eigenvalue weighted by atomic mass is 16.4. The molecule has 2 fully saturated rings. The highest BCUT2D eigenvalue weighted by Crippen LogP contribution is 2.44. The maximum Gasteiger partial charge on any atom is 0.308 e. The normalized spacial score (nSPS) is 24.2. The zero-order chi connectivity index (χ0) is 16.7. The Bertz CT molecular complexity index is 633. The Kier molecular flexibility index (Phi) is 4.17. The molecule has 1 saturated heterocycles. The van der Waals surface area contributed by atoms with Crippen molar-refractivity contribution in [2.45, 2.75) is 39.5 Å². The van der Waals surface area contributed by atoms with Crippen molar-refractivity contribution in [3.63, 3.8) is 0 Å². The van der Waals surface area contributed by atoms with Crippen molar-refractivity contribution >= 4 is 11.9 Å². The van der Waals surface area contributed by atoms with Crippen molar-refractivity contribution in [3.05, 3.63) is 17.0 Å². The lowest BCUT2D eigenvalue weighted by atomic mass is 9.92. The Labute approximate surface area is 136 Å². The maximum absolute atomic E-state index is 12.5. The van der Waals surface area contributed by atoms with Crippen LogP contribution in [0.4, 0.5) is 0 Å². The van der Waals surface area contributed by atoms with E-state index in [4.69, 9.17) is 0 Å². The predicted molar refractivity (Wildman–Crippen MR) is 84.9 cm³/mol. The molecule has 0 unspecified atom stereocenters. The maximum atomic E-state index is 12.5. The number of rotatable bonds is 5. The van der Waals surface area contributed by atoms with Gasteiger partial charge < -0.3 is 10.0 Å². The second kappa shape index (κ2) is 5.98. The molecule has 2 aliphatic rings. The highest BCUT2D eigenvalue weighted by Gasteiger charge is 2.46. The molecule has 126 valence electrons. The average Bonchev–Trinajstić information content (AvgIpc) is 3.18. The van der Waals surface area contributed by atoms with Gasteiger partial charge in [0.25, 0.3) is 0 Å². The van der Waals surface area contributed by atoms with Gasteiger partial charge in [0.05, 0.1) is 11.6 Å². The van der Waals surface area contributed by atoms with Gasteiger partial charge in [-0.25, -0.2) is 0 Å². The summed E-state index contributed by atoms with van der Waals surface area (Å²) in [7, 11) is 1.91. The first-order chi connectivity index (χ1) is 10.9. The van der Waals surface area contributed by atoms with Gasteiger partial charge in [-0.3, -0.25) is 14.3 Å². The van der Waals surface area contributed by atoms with E-state index in [2.05, 4.69) is 5.10 Å². The molecule has 1 aromatic heterocycles. The molecule has 0 aromatic carbocycles. The number of hydrogen-bond acceptors (Lipinski definition) is 3. The first kappa shape index (κ1) is 16.0. The number of carbonyl (C=O) groups excluding carboxylic acids is 1. The fourth-order valence-electron chi connectivity index (χ4n) is 3.87. The van der Waals surface area contributed by atoms with Gasteiger partial charge in [-0.1, -0.05) is 0 Å². The van der Waals surface area contributed by atoms with Crippen LogP contribution in [0, 0.1) is 31.6 Å². The van der Waals surface area contributed by atoms with Gasteiger partial charge in [0.1, 0.15) is 0 Å². The third-order valence-corrected chi connectivity index (χ3v) is 5.51. The number of nitrogens with zero attached hydrogens (tertiary/aromatic N) is 3. The molecule has 3 rings (SSSR count). The molecule has 1 aromatic rings. The Morgan fingerprint density at radius 2 is 1.96 bits per heavy atom. The summed E-state index contributed by atoms with van der Waals surface area (Å²) >= 11 is 0. The molecular weight excluding hydrogens is 294 g/mol. The molecule has 6 heteroatoms. The summed E-state index contributed by atoms with van der Waals surface area (Å²) in [4.78, 5) is 25.7. The first-order valence-corrected chi connectivity index (χ1v) is 8.38. The van der Waals surface area contributed by atoms with Crippen LogP contribution in [-0.2, 0) is 23.1 Å². The van der Waals surface area contributed by atoms with E-state index in [-0.39, 0.29) is 17.7 Å². The van der Waals surface area contributed by atoms with Gasteiger partial charge >= 0.3 is 5.97 Å². The third kappa shape index (κ3) is 3.12. The van der Waals surface area contributed by atoms with E-state index in [0.717, 1.165) is 29.8 Å². The van der Waals surface area contributed by atoms with Crippen molar-refractivity contribution in [3.8, 4) is 0 Å². The number of carbonyl (C=O) groups is 2. The summed E-state index contributed by atoms with van der Waals surface area (Å²) in [5.74, 6) is -0.401. The summed E-state index contributed by atoms with van der Waals surface area (Å²) < 4.78 is 1.84. The molecule has 0 radical (unpaired) electrons. The Morgan fingerprint density at radius 3 is 2.48 bits per heavy atom. The first-order valence-electron chi connectivity index (χ1n) is 8.38. The number of aromatic nitrogens is 2. The average molecular weight is 319 g/mol. The van der Waals surface area contributed by atoms with Crippen molar-refractivity contribution in [2.75, 3.05) is 13.1 Å². The van der Waals surface area contributed by atoms with E-state index in [9.17, 15) is 14.7 Å². The molecule has 1 N–H and O–H groups in total. The van der Waals surface area contributed by atoms with E-state index in [0.29, 0.717) is 31.8 Å². The summed E-state index contributed by atoms with van der Waals surface area (Å²) in [5, 5.41) is 13.8. The van der Waals surface area contributed by atoms with E-state index in [1.807, 2.05) is 25.6 Å². The van der Waals surface area contributed by atoms with Crippen molar-refractivity contribution in [1.82, 2.24) is 14.7 Å². The van der Waals surface area contributed by atoms with Crippen molar-refractivity contribution in [2.24, 2.45) is 24.8 Å². The summed E-state index contributed by atoms with van der Waals surface area (Å²) in [5.41, 5.74) is 3.20. The Morgan fingerprint density at radius 1 is 1.26 bits per heavy atom. The van der Waals surface area contributed by atoms with E-state index in [1.165, 1.54) is 0 Å². The molecule has 1 amide bonds. The molecule has 0 spiro atoms. The van der Waals surface area contributed by atoms with E-state index in [1.54, 1.807) is 4.90 Å². The van der Waals surface area contributed by atoms with Crippen LogP contribution < -0.4 is 0 Å². The SMILES string of the molecule is Cc1nn(C)c(C)c1CCC(=O)N1C[C@H](C(=O)O)[C@@H](C2CC2)C1. The molecule has 2 heterocycles. The zero-order valence-corrected chi connectivity index (χ0v) is 14.1. The molecule has 6 nitrogen and oxygen atoms in total. The molecule has 1 aliphatic carbocycles. The lowest BCUT2D eigenvalue weighted by molar-refractivity contribution is -0.142. The zero-order valence-electron chi connectivity index (χ0n) is 14.1. The summed E-state index contributed by atoms with van der Waals surface area (Å²) in [6.07, 6.45) is 3.33. The molecule has 0 bridgehead atoms. The van der Waals surface area contributed by atoms with Gasteiger partial charge in [0.15, 0.2) is 0 Å². The summed E-state index contributed by atoms with van der Waals surface area (Å²) in [6.45, 7) is 4.97. The number of aliphatic carboxylic acids is 1. The van der Waals surface area contributed by atoms with Gasteiger partial charge in [-0.15, -0.1) is 0 Å². The minimum atomic E-state index is -0.754. The topological polar surface area (TPSA) is 75.4 Å². The second-order valence-electron chi connectivity index (χ2n) is 7.02. The quantitative estimate of drug-likeness (QED) is 0.893. The van der Waals surface area contributed by atoms with Crippen LogP contribution in [0.5, 0.6) is 0 Å². The monoisotopic (exact) mass is 319 g/mol. The van der Waals surface area contributed by atoms with Crippen LogP contribution in [0.15, 0.2) is 0 Å². The lowest BCUT2D eigenvalue weighted by Gasteiger charge is -2.16. The van der Waals surface area contributed by atoms with Crippen LogP contribution in [0.1, 0.15) is 36.2 Å². The number of likely N-dealkylation sites (tertiary alicyclic amines) is 1. The fourth-order valence-corrected chi connectivity index (χ4v) is 3.87. The smallest absolute Gasteiger partial charge is 0.308 e. The van der Waals surface area contributed by atoms with Crippen LogP contribution >= 0.6 is 0 Å². The van der Waals surface area contributed by atoms with Crippen LogP contribution in [0.3, 0.4) is 0 Å². The molecule has 2 atom stereocenters. The molecule has 1 saturated carbocycles. The predicted octanol–water partition coefficient (Wildman–Crippen LogP) is 1.54.